The number of hydrogen-bond donors (Lipinski definition) is 1. The fraction of sp³-hybridized carbons (Fsp3) is 0.286. The predicted molar refractivity (Wildman–Crippen MR) is 81.5 cm³/mol. The Bertz CT molecular complexity index is 652. The van der Waals surface area contributed by atoms with Crippen LogP contribution >= 0.6 is 27.5 Å². The van der Waals surface area contributed by atoms with E-state index in [9.17, 15) is 4.79 Å². The second-order valence-corrected chi connectivity index (χ2v) is 6.07. The van der Waals surface area contributed by atoms with Gasteiger partial charge in [-0.2, -0.15) is 0 Å². The molecule has 1 aromatic carbocycles. The molecule has 19 heavy (non-hydrogen) atoms. The summed E-state index contributed by atoms with van der Waals surface area (Å²) in [5, 5.41) is 0.629. The summed E-state index contributed by atoms with van der Waals surface area (Å²) in [4.78, 5) is 18.9. The SMILES string of the molecule is CC(C)Cc1cc(=O)[nH]c(-c2ccc(Cl)c(Br)c2)n1. The zero-order valence-corrected chi connectivity index (χ0v) is 13.0. The molecule has 2 rings (SSSR count). The third kappa shape index (κ3) is 3.67. The number of rotatable bonds is 3. The van der Waals surface area contributed by atoms with Gasteiger partial charge < -0.3 is 4.98 Å². The van der Waals surface area contributed by atoms with Crippen molar-refractivity contribution in [2.24, 2.45) is 5.92 Å². The Hall–Kier alpha value is -1.13. The van der Waals surface area contributed by atoms with Crippen LogP contribution in [-0.4, -0.2) is 9.97 Å². The molecule has 0 aliphatic rings. The van der Waals surface area contributed by atoms with Gasteiger partial charge >= 0.3 is 0 Å². The van der Waals surface area contributed by atoms with Crippen LogP contribution in [0.4, 0.5) is 0 Å². The third-order valence-electron chi connectivity index (χ3n) is 2.61. The summed E-state index contributed by atoms with van der Waals surface area (Å²) in [6, 6.07) is 7.01. The molecule has 5 heteroatoms. The maximum atomic E-state index is 11.7. The Morgan fingerprint density at radius 2 is 2.11 bits per heavy atom. The van der Waals surface area contributed by atoms with Crippen LogP contribution in [0.25, 0.3) is 11.4 Å². The van der Waals surface area contributed by atoms with Crippen LogP contribution < -0.4 is 5.56 Å². The van der Waals surface area contributed by atoms with Crippen molar-refractivity contribution in [3.05, 3.63) is 49.8 Å². The molecule has 0 aliphatic carbocycles. The molecule has 0 fully saturated rings. The van der Waals surface area contributed by atoms with E-state index < -0.39 is 0 Å². The van der Waals surface area contributed by atoms with E-state index in [1.54, 1.807) is 12.1 Å². The fourth-order valence-electron chi connectivity index (χ4n) is 1.81. The van der Waals surface area contributed by atoms with E-state index in [1.165, 1.54) is 0 Å². The van der Waals surface area contributed by atoms with E-state index in [0.717, 1.165) is 22.2 Å². The smallest absolute Gasteiger partial charge is 0.251 e. The monoisotopic (exact) mass is 340 g/mol. The Morgan fingerprint density at radius 3 is 2.74 bits per heavy atom. The molecule has 0 bridgehead atoms. The highest BCUT2D eigenvalue weighted by Crippen LogP contribution is 2.27. The highest BCUT2D eigenvalue weighted by Gasteiger charge is 2.07. The molecule has 100 valence electrons. The van der Waals surface area contributed by atoms with Crippen molar-refractivity contribution in [3.8, 4) is 11.4 Å². The van der Waals surface area contributed by atoms with E-state index in [1.807, 2.05) is 12.1 Å². The van der Waals surface area contributed by atoms with Crippen molar-refractivity contribution in [1.82, 2.24) is 9.97 Å². The fourth-order valence-corrected chi connectivity index (χ4v) is 2.31. The zero-order chi connectivity index (χ0) is 14.0. The number of hydrogen-bond acceptors (Lipinski definition) is 2. The van der Waals surface area contributed by atoms with Gasteiger partial charge in [0.2, 0.25) is 0 Å². The van der Waals surface area contributed by atoms with E-state index in [0.29, 0.717) is 16.8 Å². The highest BCUT2D eigenvalue weighted by molar-refractivity contribution is 9.10. The molecule has 0 saturated heterocycles. The van der Waals surface area contributed by atoms with Crippen LogP contribution in [0.5, 0.6) is 0 Å². The molecule has 0 spiro atoms. The normalized spacial score (nSPS) is 11.0. The van der Waals surface area contributed by atoms with Crippen LogP contribution in [0.3, 0.4) is 0 Å². The summed E-state index contributed by atoms with van der Waals surface area (Å²) in [5.74, 6) is 1.03. The number of aromatic amines is 1. The summed E-state index contributed by atoms with van der Waals surface area (Å²) < 4.78 is 0.781. The number of benzene rings is 1. The van der Waals surface area contributed by atoms with E-state index >= 15 is 0 Å². The second-order valence-electron chi connectivity index (χ2n) is 4.81. The first-order chi connectivity index (χ1) is 8.95. The maximum Gasteiger partial charge on any atom is 0.251 e. The molecule has 0 saturated carbocycles. The van der Waals surface area contributed by atoms with Crippen LogP contribution in [0, 0.1) is 5.92 Å². The molecule has 0 amide bonds. The Morgan fingerprint density at radius 1 is 1.37 bits per heavy atom. The second kappa shape index (κ2) is 5.88. The van der Waals surface area contributed by atoms with E-state index in [-0.39, 0.29) is 5.56 Å². The number of halogens is 2. The Labute approximate surface area is 125 Å². The van der Waals surface area contributed by atoms with Crippen molar-refractivity contribution in [1.29, 1.82) is 0 Å². The highest BCUT2D eigenvalue weighted by atomic mass is 79.9. The van der Waals surface area contributed by atoms with Gasteiger partial charge in [-0.3, -0.25) is 4.79 Å². The van der Waals surface area contributed by atoms with Crippen molar-refractivity contribution in [3.63, 3.8) is 0 Å². The Balaban J connectivity index is 2.46. The minimum Gasteiger partial charge on any atom is -0.307 e. The van der Waals surface area contributed by atoms with Crippen molar-refractivity contribution in [2.45, 2.75) is 20.3 Å². The molecular weight excluding hydrogens is 328 g/mol. The first kappa shape index (κ1) is 14.3. The lowest BCUT2D eigenvalue weighted by Crippen LogP contribution is -2.11. The van der Waals surface area contributed by atoms with E-state index in [4.69, 9.17) is 11.6 Å². The van der Waals surface area contributed by atoms with Crippen LogP contribution in [-0.2, 0) is 6.42 Å². The molecule has 0 unspecified atom stereocenters. The molecule has 1 heterocycles. The Kier molecular flexibility index (Phi) is 4.42. The largest absolute Gasteiger partial charge is 0.307 e. The summed E-state index contributed by atoms with van der Waals surface area (Å²) in [6.45, 7) is 4.20. The zero-order valence-electron chi connectivity index (χ0n) is 10.7. The third-order valence-corrected chi connectivity index (χ3v) is 3.82. The molecular formula is C14H14BrClN2O. The summed E-state index contributed by atoms with van der Waals surface area (Å²) in [6.07, 6.45) is 0.783. The van der Waals surface area contributed by atoms with Crippen LogP contribution in [0.2, 0.25) is 5.02 Å². The van der Waals surface area contributed by atoms with Crippen molar-refractivity contribution in [2.75, 3.05) is 0 Å². The van der Waals surface area contributed by atoms with Gasteiger partial charge in [-0.1, -0.05) is 25.4 Å². The molecule has 0 aliphatic heterocycles. The number of aromatic nitrogens is 2. The molecule has 1 N–H and O–H groups in total. The van der Waals surface area contributed by atoms with Gasteiger partial charge in [0.05, 0.1) is 5.02 Å². The average molecular weight is 342 g/mol. The van der Waals surface area contributed by atoms with Gasteiger partial charge in [-0.05, 0) is 46.5 Å². The van der Waals surface area contributed by atoms with Crippen molar-refractivity contribution < 1.29 is 0 Å². The summed E-state index contributed by atoms with van der Waals surface area (Å²) >= 11 is 9.33. The maximum absolute atomic E-state index is 11.7. The summed E-state index contributed by atoms with van der Waals surface area (Å²) in [7, 11) is 0. The van der Waals surface area contributed by atoms with Crippen molar-refractivity contribution >= 4 is 27.5 Å². The standard InChI is InChI=1S/C14H14BrClN2O/c1-8(2)5-10-7-13(19)18-14(17-10)9-3-4-12(16)11(15)6-9/h3-4,6-8H,5H2,1-2H3,(H,17,18,19). The van der Waals surface area contributed by atoms with Gasteiger partial charge in [0.1, 0.15) is 5.82 Å². The van der Waals surface area contributed by atoms with Gasteiger partial charge in [-0.25, -0.2) is 4.98 Å². The minimum absolute atomic E-state index is 0.133. The number of H-pyrrole nitrogens is 1. The molecule has 3 nitrogen and oxygen atoms in total. The van der Waals surface area contributed by atoms with E-state index in [2.05, 4.69) is 39.7 Å². The number of nitrogens with one attached hydrogen (secondary N) is 1. The first-order valence-corrected chi connectivity index (χ1v) is 7.18. The lowest BCUT2D eigenvalue weighted by molar-refractivity contribution is 0.634. The molecule has 0 radical (unpaired) electrons. The topological polar surface area (TPSA) is 45.8 Å². The quantitative estimate of drug-likeness (QED) is 0.915. The van der Waals surface area contributed by atoms with Gasteiger partial charge in [0.15, 0.2) is 0 Å². The molecule has 0 atom stereocenters. The van der Waals surface area contributed by atoms with Gasteiger partial charge in [0.25, 0.3) is 5.56 Å². The van der Waals surface area contributed by atoms with Crippen LogP contribution in [0.1, 0.15) is 19.5 Å². The van der Waals surface area contributed by atoms with Gasteiger partial charge in [0, 0.05) is 21.8 Å². The minimum atomic E-state index is -0.133. The lowest BCUT2D eigenvalue weighted by Gasteiger charge is -2.07. The molecule has 2 aromatic rings. The lowest BCUT2D eigenvalue weighted by atomic mass is 10.1. The average Bonchev–Trinajstić information content (AvgIpc) is 2.31. The predicted octanol–water partition coefficient (Wildman–Crippen LogP) is 4.05. The van der Waals surface area contributed by atoms with Crippen LogP contribution in [0.15, 0.2) is 33.5 Å². The number of nitrogens with zero attached hydrogens (tertiary/aromatic N) is 1. The van der Waals surface area contributed by atoms with Gasteiger partial charge in [-0.15, -0.1) is 0 Å². The summed E-state index contributed by atoms with van der Waals surface area (Å²) in [5.41, 5.74) is 1.51. The first-order valence-electron chi connectivity index (χ1n) is 6.01. The molecule has 1 aromatic heterocycles.